The molecule has 2 aromatic rings. The van der Waals surface area contributed by atoms with Crippen molar-refractivity contribution < 1.29 is 8.81 Å². The number of hydrazine groups is 1. The molecular weight excluding hydrogens is 219 g/mol. The van der Waals surface area contributed by atoms with Crippen LogP contribution in [0.15, 0.2) is 41.2 Å². The van der Waals surface area contributed by atoms with E-state index in [2.05, 4.69) is 5.43 Å². The fourth-order valence-corrected chi connectivity index (χ4v) is 1.83. The highest BCUT2D eigenvalue weighted by Crippen LogP contribution is 2.20. The standard InChI is InChI=1S/C13H15FN2O/c1-9-2-3-12(14)6-11(9)7-13(16-15)10-4-5-17-8-10/h2-6,8,13,16H,7,15H2,1H3. The van der Waals surface area contributed by atoms with Crippen molar-refractivity contribution in [1.82, 2.24) is 5.43 Å². The molecular formula is C13H15FN2O. The third-order valence-corrected chi connectivity index (χ3v) is 2.88. The smallest absolute Gasteiger partial charge is 0.123 e. The molecule has 1 heterocycles. The number of hydrogen-bond donors (Lipinski definition) is 2. The van der Waals surface area contributed by atoms with Crippen LogP contribution in [0, 0.1) is 12.7 Å². The van der Waals surface area contributed by atoms with E-state index in [1.807, 2.05) is 13.0 Å². The number of hydrogen-bond acceptors (Lipinski definition) is 3. The molecule has 1 aromatic heterocycles. The SMILES string of the molecule is Cc1ccc(F)cc1CC(NN)c1ccoc1. The Bertz CT molecular complexity index is 482. The summed E-state index contributed by atoms with van der Waals surface area (Å²) in [6.45, 7) is 1.96. The molecule has 0 fully saturated rings. The lowest BCUT2D eigenvalue weighted by atomic mass is 9.98. The molecule has 17 heavy (non-hydrogen) atoms. The average molecular weight is 234 g/mol. The lowest BCUT2D eigenvalue weighted by molar-refractivity contribution is 0.523. The zero-order valence-electron chi connectivity index (χ0n) is 9.61. The third kappa shape index (κ3) is 2.72. The number of furan rings is 1. The first-order valence-corrected chi connectivity index (χ1v) is 5.44. The Labute approximate surface area is 99.4 Å². The van der Waals surface area contributed by atoms with Gasteiger partial charge < -0.3 is 4.42 Å². The van der Waals surface area contributed by atoms with Gasteiger partial charge in [0, 0.05) is 5.56 Å². The average Bonchev–Trinajstić information content (AvgIpc) is 2.84. The van der Waals surface area contributed by atoms with Gasteiger partial charge in [0.15, 0.2) is 0 Å². The van der Waals surface area contributed by atoms with Crippen LogP contribution in [0.2, 0.25) is 0 Å². The van der Waals surface area contributed by atoms with Gasteiger partial charge in [-0.15, -0.1) is 0 Å². The summed E-state index contributed by atoms with van der Waals surface area (Å²) in [5.41, 5.74) is 5.66. The Morgan fingerprint density at radius 1 is 1.41 bits per heavy atom. The van der Waals surface area contributed by atoms with E-state index in [0.29, 0.717) is 6.42 Å². The van der Waals surface area contributed by atoms with E-state index < -0.39 is 0 Å². The zero-order valence-corrected chi connectivity index (χ0v) is 9.61. The van der Waals surface area contributed by atoms with Crippen LogP contribution in [0.5, 0.6) is 0 Å². The molecule has 1 atom stereocenters. The largest absolute Gasteiger partial charge is 0.472 e. The van der Waals surface area contributed by atoms with Crippen molar-refractivity contribution in [2.24, 2.45) is 5.84 Å². The monoisotopic (exact) mass is 234 g/mol. The van der Waals surface area contributed by atoms with Crippen molar-refractivity contribution >= 4 is 0 Å². The van der Waals surface area contributed by atoms with Crippen LogP contribution < -0.4 is 11.3 Å². The summed E-state index contributed by atoms with van der Waals surface area (Å²) in [5.74, 6) is 5.29. The van der Waals surface area contributed by atoms with Gasteiger partial charge in [-0.05, 0) is 42.7 Å². The van der Waals surface area contributed by atoms with Crippen molar-refractivity contribution in [3.63, 3.8) is 0 Å². The lowest BCUT2D eigenvalue weighted by Gasteiger charge is -2.15. The van der Waals surface area contributed by atoms with Crippen LogP contribution in [-0.2, 0) is 6.42 Å². The maximum absolute atomic E-state index is 13.2. The van der Waals surface area contributed by atoms with Crippen LogP contribution in [0.3, 0.4) is 0 Å². The number of rotatable bonds is 4. The number of halogens is 1. The second-order valence-electron chi connectivity index (χ2n) is 4.05. The summed E-state index contributed by atoms with van der Waals surface area (Å²) >= 11 is 0. The highest BCUT2D eigenvalue weighted by Gasteiger charge is 2.13. The van der Waals surface area contributed by atoms with Crippen molar-refractivity contribution in [1.29, 1.82) is 0 Å². The Balaban J connectivity index is 2.21. The molecule has 1 unspecified atom stereocenters. The van der Waals surface area contributed by atoms with E-state index in [4.69, 9.17) is 10.3 Å². The van der Waals surface area contributed by atoms with Crippen molar-refractivity contribution in [2.45, 2.75) is 19.4 Å². The Morgan fingerprint density at radius 3 is 2.88 bits per heavy atom. The van der Waals surface area contributed by atoms with Gasteiger partial charge in [0.1, 0.15) is 5.82 Å². The molecule has 4 heteroatoms. The first-order valence-electron chi connectivity index (χ1n) is 5.44. The minimum Gasteiger partial charge on any atom is -0.472 e. The molecule has 3 N–H and O–H groups in total. The fraction of sp³-hybridized carbons (Fsp3) is 0.231. The normalized spacial score (nSPS) is 12.6. The van der Waals surface area contributed by atoms with Gasteiger partial charge in [0.05, 0.1) is 18.6 Å². The molecule has 2 rings (SSSR count). The highest BCUT2D eigenvalue weighted by atomic mass is 19.1. The highest BCUT2D eigenvalue weighted by molar-refractivity contribution is 5.29. The van der Waals surface area contributed by atoms with Crippen LogP contribution in [-0.4, -0.2) is 0 Å². The molecule has 90 valence electrons. The molecule has 0 aliphatic carbocycles. The Hall–Kier alpha value is -1.65. The second-order valence-corrected chi connectivity index (χ2v) is 4.05. The molecule has 0 amide bonds. The molecule has 0 bridgehead atoms. The third-order valence-electron chi connectivity index (χ3n) is 2.88. The summed E-state index contributed by atoms with van der Waals surface area (Å²) in [4.78, 5) is 0. The Kier molecular flexibility index (Phi) is 3.56. The van der Waals surface area contributed by atoms with Crippen LogP contribution in [0.25, 0.3) is 0 Å². The molecule has 3 nitrogen and oxygen atoms in total. The zero-order chi connectivity index (χ0) is 12.3. The minimum absolute atomic E-state index is 0.0748. The topological polar surface area (TPSA) is 51.2 Å². The summed E-state index contributed by atoms with van der Waals surface area (Å²) < 4.78 is 18.2. The van der Waals surface area contributed by atoms with Crippen molar-refractivity contribution in [2.75, 3.05) is 0 Å². The van der Waals surface area contributed by atoms with Gasteiger partial charge in [-0.25, -0.2) is 4.39 Å². The molecule has 0 spiro atoms. The Morgan fingerprint density at radius 2 is 2.24 bits per heavy atom. The number of nitrogens with one attached hydrogen (secondary N) is 1. The van der Waals surface area contributed by atoms with Gasteiger partial charge in [-0.2, -0.15) is 0 Å². The predicted octanol–water partition coefficient (Wildman–Crippen LogP) is 2.47. The van der Waals surface area contributed by atoms with Crippen LogP contribution in [0.4, 0.5) is 4.39 Å². The summed E-state index contributed by atoms with van der Waals surface area (Å²) in [7, 11) is 0. The van der Waals surface area contributed by atoms with Crippen LogP contribution in [0.1, 0.15) is 22.7 Å². The van der Waals surface area contributed by atoms with Gasteiger partial charge in [-0.3, -0.25) is 11.3 Å². The van der Waals surface area contributed by atoms with E-state index in [1.165, 1.54) is 6.07 Å². The van der Waals surface area contributed by atoms with Gasteiger partial charge in [0.2, 0.25) is 0 Å². The number of aryl methyl sites for hydroxylation is 1. The summed E-state index contributed by atoms with van der Waals surface area (Å²) in [6, 6.07) is 6.54. The first kappa shape index (κ1) is 11.8. The van der Waals surface area contributed by atoms with Crippen molar-refractivity contribution in [3.05, 3.63) is 59.3 Å². The van der Waals surface area contributed by atoms with E-state index >= 15 is 0 Å². The van der Waals surface area contributed by atoms with Crippen LogP contribution >= 0.6 is 0 Å². The quantitative estimate of drug-likeness (QED) is 0.631. The maximum atomic E-state index is 13.2. The fourth-order valence-electron chi connectivity index (χ4n) is 1.83. The molecule has 0 aliphatic heterocycles. The first-order chi connectivity index (χ1) is 8.20. The molecule has 0 aliphatic rings. The molecule has 0 radical (unpaired) electrons. The molecule has 0 saturated heterocycles. The molecule has 0 saturated carbocycles. The predicted molar refractivity (Wildman–Crippen MR) is 63.6 cm³/mol. The van der Waals surface area contributed by atoms with E-state index in [9.17, 15) is 4.39 Å². The van der Waals surface area contributed by atoms with Crippen molar-refractivity contribution in [3.8, 4) is 0 Å². The van der Waals surface area contributed by atoms with E-state index in [1.54, 1.807) is 24.7 Å². The van der Waals surface area contributed by atoms with Gasteiger partial charge in [-0.1, -0.05) is 6.07 Å². The second kappa shape index (κ2) is 5.12. The summed E-state index contributed by atoms with van der Waals surface area (Å²) in [6.07, 6.45) is 3.86. The number of nitrogens with two attached hydrogens (primary N) is 1. The minimum atomic E-state index is -0.228. The van der Waals surface area contributed by atoms with Gasteiger partial charge >= 0.3 is 0 Å². The summed E-state index contributed by atoms with van der Waals surface area (Å²) in [5, 5.41) is 0. The van der Waals surface area contributed by atoms with Gasteiger partial charge in [0.25, 0.3) is 0 Å². The molecule has 1 aromatic carbocycles. The lowest BCUT2D eigenvalue weighted by Crippen LogP contribution is -2.29. The maximum Gasteiger partial charge on any atom is 0.123 e. The van der Waals surface area contributed by atoms with E-state index in [0.717, 1.165) is 16.7 Å². The van der Waals surface area contributed by atoms with E-state index in [-0.39, 0.29) is 11.9 Å². The number of benzene rings is 1.